The Morgan fingerprint density at radius 1 is 1.20 bits per heavy atom. The molecule has 4 nitrogen and oxygen atoms in total. The van der Waals surface area contributed by atoms with Gasteiger partial charge in [-0.15, -0.1) is 0 Å². The van der Waals surface area contributed by atoms with Crippen molar-refractivity contribution in [2.75, 3.05) is 17.6 Å². The molecule has 0 aromatic heterocycles. The Labute approximate surface area is 112 Å². The summed E-state index contributed by atoms with van der Waals surface area (Å²) in [6.07, 6.45) is 0.397. The van der Waals surface area contributed by atoms with E-state index in [9.17, 15) is 8.42 Å². The fraction of sp³-hybridized carbons (Fsp3) is 0.333. The van der Waals surface area contributed by atoms with Crippen molar-refractivity contribution in [1.82, 2.24) is 0 Å². The molecule has 0 atom stereocenters. The molecular formula is C9H14NNaO3S. The van der Waals surface area contributed by atoms with Crippen molar-refractivity contribution in [3.05, 3.63) is 30.3 Å². The Hall–Kier alpha value is -0.0700. The van der Waals surface area contributed by atoms with E-state index in [1.54, 1.807) is 0 Å². The van der Waals surface area contributed by atoms with Gasteiger partial charge in [0.15, 0.2) is 0 Å². The van der Waals surface area contributed by atoms with Crippen LogP contribution in [0.5, 0.6) is 0 Å². The van der Waals surface area contributed by atoms with Crippen molar-refractivity contribution in [1.29, 1.82) is 0 Å². The van der Waals surface area contributed by atoms with Crippen molar-refractivity contribution >= 4 is 45.4 Å². The van der Waals surface area contributed by atoms with E-state index in [2.05, 4.69) is 5.32 Å². The SMILES string of the molecule is O=S(=O)(O)CCCNc1ccccc1.[NaH]. The first-order valence-electron chi connectivity index (χ1n) is 4.32. The van der Waals surface area contributed by atoms with Crippen LogP contribution in [-0.4, -0.2) is 54.8 Å². The summed E-state index contributed by atoms with van der Waals surface area (Å²) in [5, 5.41) is 3.04. The van der Waals surface area contributed by atoms with Crippen molar-refractivity contribution in [2.24, 2.45) is 0 Å². The van der Waals surface area contributed by atoms with Crippen LogP contribution >= 0.6 is 0 Å². The molecular weight excluding hydrogens is 225 g/mol. The Bertz CT molecular complexity index is 366. The molecule has 1 aromatic carbocycles. The summed E-state index contributed by atoms with van der Waals surface area (Å²) in [6.45, 7) is 0.532. The third-order valence-corrected chi connectivity index (χ3v) is 2.49. The first kappa shape index (κ1) is 14.9. The second-order valence-corrected chi connectivity index (χ2v) is 4.50. The minimum atomic E-state index is -3.82. The summed E-state index contributed by atoms with van der Waals surface area (Å²) in [6, 6.07) is 9.49. The van der Waals surface area contributed by atoms with Crippen LogP contribution in [0, 0.1) is 0 Å². The van der Waals surface area contributed by atoms with Crippen LogP contribution in [0.25, 0.3) is 0 Å². The maximum absolute atomic E-state index is 10.4. The average molecular weight is 239 g/mol. The summed E-state index contributed by atoms with van der Waals surface area (Å²) in [5.41, 5.74) is 0.947. The zero-order valence-corrected chi connectivity index (χ0v) is 8.50. The Morgan fingerprint density at radius 3 is 2.33 bits per heavy atom. The third-order valence-electron chi connectivity index (χ3n) is 1.68. The number of para-hydroxylation sites is 1. The van der Waals surface area contributed by atoms with Crippen molar-refractivity contribution in [3.8, 4) is 0 Å². The van der Waals surface area contributed by atoms with E-state index in [-0.39, 0.29) is 35.3 Å². The molecule has 0 aliphatic heterocycles. The molecule has 0 heterocycles. The zero-order valence-electron chi connectivity index (χ0n) is 7.68. The van der Waals surface area contributed by atoms with Gasteiger partial charge in [0.2, 0.25) is 0 Å². The number of hydrogen-bond donors (Lipinski definition) is 2. The molecule has 0 saturated heterocycles. The van der Waals surface area contributed by atoms with Crippen molar-refractivity contribution in [3.63, 3.8) is 0 Å². The number of anilines is 1. The molecule has 0 amide bonds. The first-order chi connectivity index (χ1) is 6.58. The van der Waals surface area contributed by atoms with Gasteiger partial charge in [0.05, 0.1) is 5.75 Å². The van der Waals surface area contributed by atoms with Crippen LogP contribution in [0.15, 0.2) is 30.3 Å². The standard InChI is InChI=1S/C9H13NO3S.Na.H/c11-14(12,13)8-4-7-10-9-5-2-1-3-6-9;;/h1-3,5-6,10H,4,7-8H2,(H,11,12,13);;. The summed E-state index contributed by atoms with van der Waals surface area (Å²) >= 11 is 0. The minimum absolute atomic E-state index is 0. The maximum atomic E-state index is 10.4. The van der Waals surface area contributed by atoms with Crippen LogP contribution in [0.3, 0.4) is 0 Å². The van der Waals surface area contributed by atoms with Gasteiger partial charge in [0.1, 0.15) is 0 Å². The van der Waals surface area contributed by atoms with E-state index in [0.29, 0.717) is 13.0 Å². The van der Waals surface area contributed by atoms with Gasteiger partial charge in [-0.25, -0.2) is 0 Å². The van der Waals surface area contributed by atoms with Gasteiger partial charge < -0.3 is 5.32 Å². The van der Waals surface area contributed by atoms with Crippen LogP contribution in [0.2, 0.25) is 0 Å². The van der Waals surface area contributed by atoms with Gasteiger partial charge >= 0.3 is 29.6 Å². The fourth-order valence-electron chi connectivity index (χ4n) is 1.04. The molecule has 6 heteroatoms. The predicted octanol–water partition coefficient (Wildman–Crippen LogP) is 0.728. The molecule has 0 unspecified atom stereocenters. The van der Waals surface area contributed by atoms with Gasteiger partial charge in [0.25, 0.3) is 10.1 Å². The monoisotopic (exact) mass is 239 g/mol. The van der Waals surface area contributed by atoms with Crippen LogP contribution in [-0.2, 0) is 10.1 Å². The second kappa shape index (κ2) is 7.24. The first-order valence-corrected chi connectivity index (χ1v) is 5.93. The molecule has 80 valence electrons. The Kier molecular flexibility index (Phi) is 7.21. The third kappa shape index (κ3) is 7.81. The molecule has 0 spiro atoms. The van der Waals surface area contributed by atoms with Crippen molar-refractivity contribution in [2.45, 2.75) is 6.42 Å². The summed E-state index contributed by atoms with van der Waals surface area (Å²) < 4.78 is 29.2. The van der Waals surface area contributed by atoms with E-state index < -0.39 is 10.1 Å². The quantitative estimate of drug-likeness (QED) is 0.451. The van der Waals surface area contributed by atoms with Crippen molar-refractivity contribution < 1.29 is 13.0 Å². The van der Waals surface area contributed by atoms with E-state index >= 15 is 0 Å². The fourth-order valence-corrected chi connectivity index (χ4v) is 1.55. The van der Waals surface area contributed by atoms with Gasteiger partial charge in [-0.05, 0) is 18.6 Å². The van der Waals surface area contributed by atoms with E-state index in [1.165, 1.54) is 0 Å². The molecule has 0 aliphatic carbocycles. The topological polar surface area (TPSA) is 66.4 Å². The van der Waals surface area contributed by atoms with Crippen LogP contribution < -0.4 is 5.32 Å². The number of nitrogens with one attached hydrogen (secondary N) is 1. The average Bonchev–Trinajstić information content (AvgIpc) is 2.13. The molecule has 1 aromatic rings. The van der Waals surface area contributed by atoms with Gasteiger partial charge in [-0.1, -0.05) is 18.2 Å². The summed E-state index contributed by atoms with van der Waals surface area (Å²) in [5.74, 6) is -0.202. The van der Waals surface area contributed by atoms with E-state index in [4.69, 9.17) is 4.55 Å². The normalized spacial score (nSPS) is 10.5. The predicted molar refractivity (Wildman–Crippen MR) is 63.1 cm³/mol. The van der Waals surface area contributed by atoms with E-state index in [1.807, 2.05) is 30.3 Å². The molecule has 0 radical (unpaired) electrons. The Balaban J connectivity index is 0.00000196. The van der Waals surface area contributed by atoms with Crippen LogP contribution in [0.1, 0.15) is 6.42 Å². The van der Waals surface area contributed by atoms with Gasteiger partial charge in [-0.2, -0.15) is 8.42 Å². The van der Waals surface area contributed by atoms with Crippen LogP contribution in [0.4, 0.5) is 5.69 Å². The molecule has 0 bridgehead atoms. The summed E-state index contributed by atoms with van der Waals surface area (Å²) in [4.78, 5) is 0. The van der Waals surface area contributed by atoms with Gasteiger partial charge in [-0.3, -0.25) is 4.55 Å². The molecule has 1 rings (SSSR count). The zero-order chi connectivity index (χ0) is 10.4. The molecule has 0 aliphatic rings. The molecule has 2 N–H and O–H groups in total. The second-order valence-electron chi connectivity index (χ2n) is 2.93. The summed E-state index contributed by atoms with van der Waals surface area (Å²) in [7, 11) is -3.82. The van der Waals surface area contributed by atoms with E-state index in [0.717, 1.165) is 5.69 Å². The number of rotatable bonds is 5. The molecule has 15 heavy (non-hydrogen) atoms. The number of hydrogen-bond acceptors (Lipinski definition) is 3. The molecule has 0 fully saturated rings. The molecule has 0 saturated carbocycles. The van der Waals surface area contributed by atoms with Gasteiger partial charge in [0, 0.05) is 12.2 Å². The Morgan fingerprint density at radius 2 is 1.80 bits per heavy atom. The number of benzene rings is 1.